The van der Waals surface area contributed by atoms with E-state index in [0.717, 1.165) is 48.8 Å². The summed E-state index contributed by atoms with van der Waals surface area (Å²) in [5.41, 5.74) is 9.60. The van der Waals surface area contributed by atoms with Gasteiger partial charge in [0, 0.05) is 17.4 Å². The molecular weight excluding hydrogens is 358 g/mol. The van der Waals surface area contributed by atoms with Crippen molar-refractivity contribution in [2.24, 2.45) is 0 Å². The molecule has 6 rings (SSSR count). The highest BCUT2D eigenvalue weighted by molar-refractivity contribution is 5.94. The van der Waals surface area contributed by atoms with Gasteiger partial charge >= 0.3 is 0 Å². The summed E-state index contributed by atoms with van der Waals surface area (Å²) in [6, 6.07) is 19.6. The molecule has 3 aromatic carbocycles. The van der Waals surface area contributed by atoms with Crippen LogP contribution in [0.15, 0.2) is 59.0 Å². The van der Waals surface area contributed by atoms with Crippen LogP contribution in [0.1, 0.15) is 34.2 Å². The summed E-state index contributed by atoms with van der Waals surface area (Å²) < 4.78 is 12.6. The molecule has 0 bridgehead atoms. The lowest BCUT2D eigenvalue weighted by Crippen LogP contribution is -2.20. The summed E-state index contributed by atoms with van der Waals surface area (Å²) in [5.74, 6) is 1.92. The van der Waals surface area contributed by atoms with Crippen molar-refractivity contribution < 1.29 is 9.15 Å². The van der Waals surface area contributed by atoms with Crippen molar-refractivity contribution in [3.8, 4) is 5.75 Å². The molecule has 0 saturated heterocycles. The molecule has 0 fully saturated rings. The lowest BCUT2D eigenvalue weighted by atomic mass is 9.94. The third kappa shape index (κ3) is 2.50. The van der Waals surface area contributed by atoms with Gasteiger partial charge in [-0.1, -0.05) is 41.5 Å². The van der Waals surface area contributed by atoms with Gasteiger partial charge in [0.2, 0.25) is 5.88 Å². The molecule has 0 spiro atoms. The van der Waals surface area contributed by atoms with Gasteiger partial charge in [-0.25, -0.2) is 0 Å². The average molecular weight is 381 g/mol. The molecule has 0 N–H and O–H groups in total. The van der Waals surface area contributed by atoms with E-state index in [9.17, 15) is 0 Å². The third-order valence-electron chi connectivity index (χ3n) is 6.12. The molecule has 29 heavy (non-hydrogen) atoms. The molecule has 0 saturated carbocycles. The Hall–Kier alpha value is -3.20. The Morgan fingerprint density at radius 2 is 1.72 bits per heavy atom. The number of ether oxygens (including phenoxy) is 1. The van der Waals surface area contributed by atoms with Crippen molar-refractivity contribution in [3.63, 3.8) is 0 Å². The van der Waals surface area contributed by atoms with E-state index in [-0.39, 0.29) is 0 Å². The Kier molecular flexibility index (Phi) is 3.55. The molecule has 0 unspecified atom stereocenters. The lowest BCUT2D eigenvalue weighted by molar-refractivity contribution is 0.289. The van der Waals surface area contributed by atoms with Gasteiger partial charge in [-0.05, 0) is 62.1 Å². The smallest absolute Gasteiger partial charge is 0.209 e. The number of furan rings is 1. The molecule has 0 aliphatic carbocycles. The highest BCUT2D eigenvalue weighted by Crippen LogP contribution is 2.51. The van der Waals surface area contributed by atoms with Crippen LogP contribution in [0, 0.1) is 13.8 Å². The SMILES string of the molecule is Cc1ccc2c(c1)Cc1c(oc3ccc(C)cc13)N2c1cccc2c1OCCC2. The Labute approximate surface area is 170 Å². The quantitative estimate of drug-likeness (QED) is 0.321. The third-order valence-corrected chi connectivity index (χ3v) is 6.12. The van der Waals surface area contributed by atoms with Crippen molar-refractivity contribution in [1.82, 2.24) is 0 Å². The molecule has 0 amide bonds. The first kappa shape index (κ1) is 16.7. The molecule has 4 aromatic rings. The fourth-order valence-electron chi connectivity index (χ4n) is 4.76. The van der Waals surface area contributed by atoms with Crippen LogP contribution in [-0.2, 0) is 12.8 Å². The van der Waals surface area contributed by atoms with Crippen LogP contribution >= 0.6 is 0 Å². The number of fused-ring (bicyclic) bond motifs is 5. The second-order valence-electron chi connectivity index (χ2n) is 8.25. The van der Waals surface area contributed by atoms with E-state index >= 15 is 0 Å². The van der Waals surface area contributed by atoms with Crippen LogP contribution in [0.5, 0.6) is 5.75 Å². The lowest BCUT2D eigenvalue weighted by Gasteiger charge is -2.32. The molecule has 2 aliphatic rings. The summed E-state index contributed by atoms with van der Waals surface area (Å²) in [6.45, 7) is 5.06. The minimum Gasteiger partial charge on any atom is -0.491 e. The van der Waals surface area contributed by atoms with Gasteiger partial charge in [-0.2, -0.15) is 0 Å². The molecule has 3 heteroatoms. The first-order chi connectivity index (χ1) is 14.2. The van der Waals surface area contributed by atoms with Crippen LogP contribution in [-0.4, -0.2) is 6.61 Å². The number of para-hydroxylation sites is 1. The second kappa shape index (κ2) is 6.15. The van der Waals surface area contributed by atoms with E-state index in [0.29, 0.717) is 0 Å². The zero-order chi connectivity index (χ0) is 19.5. The highest BCUT2D eigenvalue weighted by atomic mass is 16.5. The summed E-state index contributed by atoms with van der Waals surface area (Å²) in [4.78, 5) is 2.27. The number of aryl methyl sites for hydroxylation is 3. The van der Waals surface area contributed by atoms with E-state index in [4.69, 9.17) is 9.15 Å². The number of nitrogens with zero attached hydrogens (tertiary/aromatic N) is 1. The number of hydrogen-bond donors (Lipinski definition) is 0. The molecule has 3 heterocycles. The molecule has 144 valence electrons. The molecule has 0 radical (unpaired) electrons. The van der Waals surface area contributed by atoms with E-state index in [1.807, 2.05) is 0 Å². The zero-order valence-electron chi connectivity index (χ0n) is 16.8. The molecule has 2 aliphatic heterocycles. The maximum absolute atomic E-state index is 6.46. The summed E-state index contributed by atoms with van der Waals surface area (Å²) in [7, 11) is 0. The first-order valence-electron chi connectivity index (χ1n) is 10.4. The molecular formula is C26H23NO2. The number of hydrogen-bond acceptors (Lipinski definition) is 3. The highest BCUT2D eigenvalue weighted by Gasteiger charge is 2.32. The average Bonchev–Trinajstić information content (AvgIpc) is 3.09. The van der Waals surface area contributed by atoms with Crippen LogP contribution in [0.2, 0.25) is 0 Å². The van der Waals surface area contributed by atoms with Crippen LogP contribution in [0.25, 0.3) is 11.0 Å². The second-order valence-corrected chi connectivity index (χ2v) is 8.25. The molecule has 3 nitrogen and oxygen atoms in total. The Bertz CT molecular complexity index is 1270. The predicted octanol–water partition coefficient (Wildman–Crippen LogP) is 6.75. The van der Waals surface area contributed by atoms with Crippen LogP contribution < -0.4 is 9.64 Å². The zero-order valence-corrected chi connectivity index (χ0v) is 16.8. The van der Waals surface area contributed by atoms with Crippen molar-refractivity contribution in [1.29, 1.82) is 0 Å². The summed E-state index contributed by atoms with van der Waals surface area (Å²) >= 11 is 0. The maximum Gasteiger partial charge on any atom is 0.209 e. The van der Waals surface area contributed by atoms with Crippen LogP contribution in [0.4, 0.5) is 17.3 Å². The Balaban J connectivity index is 1.66. The van der Waals surface area contributed by atoms with Crippen molar-refractivity contribution in [2.75, 3.05) is 11.5 Å². The fourth-order valence-corrected chi connectivity index (χ4v) is 4.76. The van der Waals surface area contributed by atoms with Gasteiger partial charge in [0.15, 0.2) is 0 Å². The largest absolute Gasteiger partial charge is 0.491 e. The van der Waals surface area contributed by atoms with Crippen molar-refractivity contribution in [3.05, 3.63) is 82.4 Å². The number of anilines is 3. The first-order valence-corrected chi connectivity index (χ1v) is 10.4. The topological polar surface area (TPSA) is 25.6 Å². The van der Waals surface area contributed by atoms with Crippen molar-refractivity contribution >= 4 is 28.2 Å². The minimum absolute atomic E-state index is 0.769. The molecule has 1 aromatic heterocycles. The maximum atomic E-state index is 6.46. The Morgan fingerprint density at radius 3 is 2.66 bits per heavy atom. The van der Waals surface area contributed by atoms with E-state index < -0.39 is 0 Å². The normalized spacial score (nSPS) is 14.9. The van der Waals surface area contributed by atoms with Gasteiger partial charge in [0.25, 0.3) is 0 Å². The minimum atomic E-state index is 0.769. The van der Waals surface area contributed by atoms with E-state index in [1.54, 1.807) is 0 Å². The molecule has 0 atom stereocenters. The van der Waals surface area contributed by atoms with Gasteiger partial charge in [0.05, 0.1) is 18.0 Å². The van der Waals surface area contributed by atoms with Gasteiger partial charge in [-0.3, -0.25) is 4.90 Å². The van der Waals surface area contributed by atoms with Gasteiger partial charge in [-0.15, -0.1) is 0 Å². The van der Waals surface area contributed by atoms with E-state index in [1.165, 1.54) is 38.9 Å². The fraction of sp³-hybridized carbons (Fsp3) is 0.231. The standard InChI is InChI=1S/C26H23NO2/c1-16-8-10-22-19(13-16)15-21-20-14-17(2)9-11-24(20)29-26(21)27(22)23-7-3-5-18-6-4-12-28-25(18)23/h3,5,7-11,13-14H,4,6,12,15H2,1-2H3. The van der Waals surface area contributed by atoms with Gasteiger partial charge < -0.3 is 9.15 Å². The van der Waals surface area contributed by atoms with Crippen molar-refractivity contribution in [2.45, 2.75) is 33.1 Å². The van der Waals surface area contributed by atoms with Crippen LogP contribution in [0.3, 0.4) is 0 Å². The Morgan fingerprint density at radius 1 is 0.862 bits per heavy atom. The predicted molar refractivity (Wildman–Crippen MR) is 117 cm³/mol. The van der Waals surface area contributed by atoms with E-state index in [2.05, 4.69) is 73.3 Å². The summed E-state index contributed by atoms with van der Waals surface area (Å²) in [5, 5.41) is 1.21. The number of benzene rings is 3. The summed E-state index contributed by atoms with van der Waals surface area (Å²) in [6.07, 6.45) is 3.01. The monoisotopic (exact) mass is 381 g/mol. The van der Waals surface area contributed by atoms with Gasteiger partial charge in [0.1, 0.15) is 11.3 Å². The number of rotatable bonds is 1.